The highest BCUT2D eigenvalue weighted by atomic mass is 16.5. The van der Waals surface area contributed by atoms with Crippen molar-refractivity contribution in [2.45, 2.75) is 43.7 Å². The summed E-state index contributed by atoms with van der Waals surface area (Å²) in [7, 11) is 0. The van der Waals surface area contributed by atoms with E-state index in [9.17, 15) is 19.5 Å². The molecule has 2 aromatic rings. The number of carbonyl (C=O) groups is 3. The summed E-state index contributed by atoms with van der Waals surface area (Å²) in [4.78, 5) is 36.8. The third kappa shape index (κ3) is 4.75. The zero-order valence-corrected chi connectivity index (χ0v) is 19.4. The molecule has 4 atom stereocenters. The largest absolute Gasteiger partial charge is 0.479 e. The fourth-order valence-electron chi connectivity index (χ4n) is 5.72. The van der Waals surface area contributed by atoms with Gasteiger partial charge in [-0.05, 0) is 41.5 Å². The summed E-state index contributed by atoms with van der Waals surface area (Å²) in [6.07, 6.45) is 1.40. The Morgan fingerprint density at radius 2 is 1.66 bits per heavy atom. The Morgan fingerprint density at radius 1 is 0.971 bits per heavy atom. The van der Waals surface area contributed by atoms with Gasteiger partial charge < -0.3 is 25.2 Å². The van der Waals surface area contributed by atoms with E-state index in [4.69, 9.17) is 9.47 Å². The van der Waals surface area contributed by atoms with Crippen molar-refractivity contribution in [2.75, 3.05) is 19.8 Å². The van der Waals surface area contributed by atoms with E-state index in [2.05, 4.69) is 34.9 Å². The van der Waals surface area contributed by atoms with Gasteiger partial charge in [0.25, 0.3) is 0 Å². The molecule has 3 aliphatic rings. The number of alkyl carbamates (subject to hydrolysis) is 1. The van der Waals surface area contributed by atoms with Crippen LogP contribution < -0.4 is 10.6 Å². The number of carboxylic acids is 1. The first-order valence-corrected chi connectivity index (χ1v) is 12.3. The van der Waals surface area contributed by atoms with Gasteiger partial charge in [-0.25, -0.2) is 9.59 Å². The molecule has 3 N–H and O–H groups in total. The second-order valence-electron chi connectivity index (χ2n) is 9.54. The second-order valence-corrected chi connectivity index (χ2v) is 9.54. The molecule has 8 nitrogen and oxygen atoms in total. The average Bonchev–Trinajstić information content (AvgIpc) is 3.59. The first kappa shape index (κ1) is 23.4. The number of benzene rings is 2. The maximum atomic E-state index is 12.8. The summed E-state index contributed by atoms with van der Waals surface area (Å²) in [6, 6.07) is 16.0. The minimum absolute atomic E-state index is 0.0216. The van der Waals surface area contributed by atoms with E-state index in [1.54, 1.807) is 0 Å². The van der Waals surface area contributed by atoms with E-state index < -0.39 is 18.2 Å². The van der Waals surface area contributed by atoms with Gasteiger partial charge in [-0.1, -0.05) is 55.0 Å². The number of hydrogen-bond donors (Lipinski definition) is 3. The molecule has 184 valence electrons. The molecule has 2 fully saturated rings. The Hall–Kier alpha value is -3.39. The van der Waals surface area contributed by atoms with Crippen molar-refractivity contribution < 1.29 is 29.0 Å². The zero-order valence-electron chi connectivity index (χ0n) is 19.4. The average molecular weight is 479 g/mol. The molecule has 0 spiro atoms. The summed E-state index contributed by atoms with van der Waals surface area (Å²) in [6.45, 7) is 0.860. The van der Waals surface area contributed by atoms with E-state index in [0.29, 0.717) is 25.9 Å². The summed E-state index contributed by atoms with van der Waals surface area (Å²) < 4.78 is 10.9. The number of carbonyl (C=O) groups excluding carboxylic acids is 2. The summed E-state index contributed by atoms with van der Waals surface area (Å²) >= 11 is 0. The number of nitrogens with one attached hydrogen (secondary N) is 2. The number of ether oxygens (including phenoxy) is 2. The van der Waals surface area contributed by atoms with Crippen molar-refractivity contribution in [3.05, 3.63) is 59.7 Å². The molecule has 2 aliphatic carbocycles. The van der Waals surface area contributed by atoms with Gasteiger partial charge in [0, 0.05) is 31.0 Å². The summed E-state index contributed by atoms with van der Waals surface area (Å²) in [5, 5.41) is 15.0. The van der Waals surface area contributed by atoms with Crippen LogP contribution in [0.4, 0.5) is 4.79 Å². The van der Waals surface area contributed by atoms with Crippen LogP contribution in [0.1, 0.15) is 42.7 Å². The normalized spacial score (nSPS) is 25.0. The molecular weight excluding hydrogens is 448 g/mol. The van der Waals surface area contributed by atoms with E-state index in [-0.39, 0.29) is 42.9 Å². The SMILES string of the molecule is O=C(NC1CCCC1C(=O)NC[C@@H]1CCO[C@@H]1C(=O)O)OCC1c2ccccc2-c2ccccc21. The predicted octanol–water partition coefficient (Wildman–Crippen LogP) is 3.30. The van der Waals surface area contributed by atoms with Gasteiger partial charge in [0.15, 0.2) is 6.10 Å². The van der Waals surface area contributed by atoms with Crippen molar-refractivity contribution in [1.82, 2.24) is 10.6 Å². The Labute approximate surface area is 204 Å². The third-order valence-electron chi connectivity index (χ3n) is 7.50. The van der Waals surface area contributed by atoms with Crippen LogP contribution in [0.3, 0.4) is 0 Å². The first-order valence-electron chi connectivity index (χ1n) is 12.3. The highest BCUT2D eigenvalue weighted by molar-refractivity contribution is 5.81. The predicted molar refractivity (Wildman–Crippen MR) is 128 cm³/mol. The molecule has 1 aliphatic heterocycles. The van der Waals surface area contributed by atoms with Crippen LogP contribution in [0, 0.1) is 11.8 Å². The monoisotopic (exact) mass is 478 g/mol. The van der Waals surface area contributed by atoms with Gasteiger partial charge in [-0.15, -0.1) is 0 Å². The minimum Gasteiger partial charge on any atom is -0.479 e. The fraction of sp³-hybridized carbons (Fsp3) is 0.444. The molecule has 5 rings (SSSR count). The Balaban J connectivity index is 1.15. The number of fused-ring (bicyclic) bond motifs is 3. The van der Waals surface area contributed by atoms with Crippen molar-refractivity contribution in [1.29, 1.82) is 0 Å². The molecule has 0 bridgehead atoms. The molecule has 1 saturated heterocycles. The molecule has 1 heterocycles. The quantitative estimate of drug-likeness (QED) is 0.563. The number of rotatable bonds is 7. The van der Waals surface area contributed by atoms with Gasteiger partial charge in [-0.3, -0.25) is 4.79 Å². The summed E-state index contributed by atoms with van der Waals surface area (Å²) in [5.74, 6) is -1.79. The van der Waals surface area contributed by atoms with E-state index in [1.165, 1.54) is 11.1 Å². The summed E-state index contributed by atoms with van der Waals surface area (Å²) in [5.41, 5.74) is 4.63. The van der Waals surface area contributed by atoms with Crippen LogP contribution in [0.25, 0.3) is 11.1 Å². The van der Waals surface area contributed by atoms with Gasteiger partial charge in [0.2, 0.25) is 5.91 Å². The molecule has 0 radical (unpaired) electrons. The van der Waals surface area contributed by atoms with Crippen molar-refractivity contribution in [2.24, 2.45) is 11.8 Å². The van der Waals surface area contributed by atoms with Crippen LogP contribution in [0.5, 0.6) is 0 Å². The Morgan fingerprint density at radius 3 is 2.34 bits per heavy atom. The van der Waals surface area contributed by atoms with Gasteiger partial charge in [0.1, 0.15) is 6.61 Å². The highest BCUT2D eigenvalue weighted by Crippen LogP contribution is 2.44. The molecule has 35 heavy (non-hydrogen) atoms. The number of carboxylic acid groups (broad SMARTS) is 1. The van der Waals surface area contributed by atoms with E-state index in [1.807, 2.05) is 24.3 Å². The van der Waals surface area contributed by atoms with Crippen LogP contribution in [-0.4, -0.2) is 55.0 Å². The first-order chi connectivity index (χ1) is 17.0. The topological polar surface area (TPSA) is 114 Å². The third-order valence-corrected chi connectivity index (χ3v) is 7.50. The van der Waals surface area contributed by atoms with Crippen molar-refractivity contribution in [3.63, 3.8) is 0 Å². The van der Waals surface area contributed by atoms with Crippen LogP contribution in [0.15, 0.2) is 48.5 Å². The molecular formula is C27H30N2O6. The number of hydrogen-bond acceptors (Lipinski definition) is 5. The van der Waals surface area contributed by atoms with Gasteiger partial charge >= 0.3 is 12.1 Å². The van der Waals surface area contributed by atoms with Crippen molar-refractivity contribution >= 4 is 18.0 Å². The lowest BCUT2D eigenvalue weighted by molar-refractivity contribution is -0.149. The second kappa shape index (κ2) is 10.1. The smallest absolute Gasteiger partial charge is 0.407 e. The fourth-order valence-corrected chi connectivity index (χ4v) is 5.72. The van der Waals surface area contributed by atoms with E-state index in [0.717, 1.165) is 17.5 Å². The molecule has 0 aromatic heterocycles. The minimum atomic E-state index is -1.00. The number of amides is 2. The lowest BCUT2D eigenvalue weighted by Crippen LogP contribution is -2.46. The van der Waals surface area contributed by atoms with Gasteiger partial charge in [-0.2, -0.15) is 0 Å². The Bertz CT molecular complexity index is 1070. The molecule has 1 saturated carbocycles. The molecule has 2 aromatic carbocycles. The number of aliphatic carboxylic acids is 1. The maximum Gasteiger partial charge on any atom is 0.407 e. The van der Waals surface area contributed by atoms with Crippen molar-refractivity contribution in [3.8, 4) is 11.1 Å². The Kier molecular flexibility index (Phi) is 6.72. The molecule has 2 amide bonds. The highest BCUT2D eigenvalue weighted by Gasteiger charge is 2.38. The lowest BCUT2D eigenvalue weighted by Gasteiger charge is -2.22. The maximum absolute atomic E-state index is 12.8. The van der Waals surface area contributed by atoms with E-state index >= 15 is 0 Å². The standard InChI is InChI=1S/C27H30N2O6/c30-25(28-14-16-12-13-34-24(16)26(31)32)21-10-5-11-23(21)29-27(33)35-15-22-19-8-3-1-6-17(19)18-7-2-4-9-20(18)22/h1-4,6-9,16,21-24H,5,10-15H2,(H,28,30)(H,29,33)(H,31,32)/t16-,21?,23?,24-/m0/s1. The van der Waals surface area contributed by atoms with Crippen LogP contribution >= 0.6 is 0 Å². The van der Waals surface area contributed by atoms with Crippen LogP contribution in [0.2, 0.25) is 0 Å². The lowest BCUT2D eigenvalue weighted by atomic mass is 9.98. The zero-order chi connectivity index (χ0) is 24.4. The van der Waals surface area contributed by atoms with Crippen LogP contribution in [-0.2, 0) is 19.1 Å². The molecule has 2 unspecified atom stereocenters. The molecule has 8 heteroatoms. The van der Waals surface area contributed by atoms with Gasteiger partial charge in [0.05, 0.1) is 5.92 Å².